The van der Waals surface area contributed by atoms with Crippen LogP contribution in [0.25, 0.3) is 0 Å². The molecule has 0 radical (unpaired) electrons. The molecule has 1 saturated heterocycles. The first-order valence-electron chi connectivity index (χ1n) is 8.09. The molecule has 0 unspecified atom stereocenters. The van der Waals surface area contributed by atoms with Crippen LogP contribution in [0.5, 0.6) is 5.75 Å². The molecule has 0 bridgehead atoms. The van der Waals surface area contributed by atoms with Crippen LogP contribution in [0.3, 0.4) is 0 Å². The zero-order valence-corrected chi connectivity index (χ0v) is 14.7. The Kier molecular flexibility index (Phi) is 4.59. The summed E-state index contributed by atoms with van der Waals surface area (Å²) in [7, 11) is -3.54. The van der Waals surface area contributed by atoms with Crippen molar-refractivity contribution in [2.75, 3.05) is 30.2 Å². The first-order chi connectivity index (χ1) is 11.8. The van der Waals surface area contributed by atoms with Crippen LogP contribution in [0.2, 0.25) is 0 Å². The lowest BCUT2D eigenvalue weighted by atomic mass is 9.96. The molecule has 2 aliphatic rings. The van der Waals surface area contributed by atoms with Gasteiger partial charge in [-0.15, -0.1) is 0 Å². The third-order valence-electron chi connectivity index (χ3n) is 4.62. The number of anilines is 1. The van der Waals surface area contributed by atoms with Gasteiger partial charge in [0.25, 0.3) is 5.91 Å². The molecule has 8 nitrogen and oxygen atoms in total. The van der Waals surface area contributed by atoms with E-state index >= 15 is 0 Å². The molecule has 0 spiro atoms. The van der Waals surface area contributed by atoms with E-state index in [2.05, 4.69) is 0 Å². The Morgan fingerprint density at radius 3 is 2.44 bits per heavy atom. The standard InChI is InChI=1S/C16H21N3O5S/c1-25(22,23)19-10-14(24-13-5-3-2-4-12(13)19)16(21)18-8-6-11(7-9-18)15(17)20/h2-5,11,14H,6-10H2,1H3,(H2,17,20)/t14-/m0/s1. The van der Waals surface area contributed by atoms with Crippen LogP contribution in [0.1, 0.15) is 12.8 Å². The van der Waals surface area contributed by atoms with Crippen molar-refractivity contribution in [1.82, 2.24) is 4.90 Å². The molecular formula is C16H21N3O5S. The lowest BCUT2D eigenvalue weighted by molar-refractivity contribution is -0.141. The molecule has 3 rings (SSSR count). The van der Waals surface area contributed by atoms with Crippen LogP contribution >= 0.6 is 0 Å². The molecule has 25 heavy (non-hydrogen) atoms. The quantitative estimate of drug-likeness (QED) is 0.805. The van der Waals surface area contributed by atoms with Gasteiger partial charge < -0.3 is 15.4 Å². The maximum Gasteiger partial charge on any atom is 0.265 e. The Bertz CT molecular complexity index is 787. The molecule has 136 valence electrons. The summed E-state index contributed by atoms with van der Waals surface area (Å²) in [5.74, 6) is -0.474. The van der Waals surface area contributed by atoms with Crippen LogP contribution < -0.4 is 14.8 Å². The topological polar surface area (TPSA) is 110 Å². The molecule has 0 aliphatic carbocycles. The summed E-state index contributed by atoms with van der Waals surface area (Å²) in [4.78, 5) is 25.6. The largest absolute Gasteiger partial charge is 0.476 e. The van der Waals surface area contributed by atoms with Crippen molar-refractivity contribution in [3.05, 3.63) is 24.3 Å². The maximum absolute atomic E-state index is 12.8. The molecule has 1 atom stereocenters. The summed E-state index contributed by atoms with van der Waals surface area (Å²) in [6, 6.07) is 6.74. The Balaban J connectivity index is 1.78. The van der Waals surface area contributed by atoms with Gasteiger partial charge in [0, 0.05) is 19.0 Å². The molecule has 2 heterocycles. The number of hydrogen-bond acceptors (Lipinski definition) is 5. The third kappa shape index (κ3) is 3.55. The maximum atomic E-state index is 12.8. The number of ether oxygens (including phenoxy) is 1. The fourth-order valence-electron chi connectivity index (χ4n) is 3.23. The van der Waals surface area contributed by atoms with Crippen LogP contribution in [0, 0.1) is 5.92 Å². The minimum Gasteiger partial charge on any atom is -0.476 e. The second-order valence-electron chi connectivity index (χ2n) is 6.37. The van der Waals surface area contributed by atoms with Crippen molar-refractivity contribution in [2.24, 2.45) is 11.7 Å². The first kappa shape index (κ1) is 17.5. The molecule has 0 aromatic heterocycles. The normalized spacial score (nSPS) is 21.4. The van der Waals surface area contributed by atoms with E-state index in [4.69, 9.17) is 10.5 Å². The number of fused-ring (bicyclic) bond motifs is 1. The fourth-order valence-corrected chi connectivity index (χ4v) is 4.15. The molecule has 1 aromatic carbocycles. The van der Waals surface area contributed by atoms with E-state index < -0.39 is 16.1 Å². The number of para-hydroxylation sites is 2. The second kappa shape index (κ2) is 6.55. The highest BCUT2D eigenvalue weighted by atomic mass is 32.2. The predicted molar refractivity (Wildman–Crippen MR) is 91.5 cm³/mol. The SMILES string of the molecule is CS(=O)(=O)N1C[C@@H](C(=O)N2CCC(C(N)=O)CC2)Oc2ccccc21. The van der Waals surface area contributed by atoms with Crippen molar-refractivity contribution in [1.29, 1.82) is 0 Å². The average molecular weight is 367 g/mol. The zero-order valence-electron chi connectivity index (χ0n) is 13.9. The minimum absolute atomic E-state index is 0.0651. The first-order valence-corrected chi connectivity index (χ1v) is 9.93. The Morgan fingerprint density at radius 1 is 1.20 bits per heavy atom. The molecule has 2 N–H and O–H groups in total. The molecule has 1 fully saturated rings. The Hall–Kier alpha value is -2.29. The van der Waals surface area contributed by atoms with Crippen molar-refractivity contribution in [3.63, 3.8) is 0 Å². The number of likely N-dealkylation sites (tertiary alicyclic amines) is 1. The van der Waals surface area contributed by atoms with Gasteiger partial charge in [-0.1, -0.05) is 12.1 Å². The lowest BCUT2D eigenvalue weighted by Crippen LogP contribution is -2.53. The summed E-state index contributed by atoms with van der Waals surface area (Å²) in [6.07, 6.45) is 1.23. The number of nitrogens with two attached hydrogens (primary N) is 1. The number of rotatable bonds is 3. The summed E-state index contributed by atoms with van der Waals surface area (Å²) in [5, 5.41) is 0. The molecule has 0 saturated carbocycles. The summed E-state index contributed by atoms with van der Waals surface area (Å²) in [6.45, 7) is 0.754. The van der Waals surface area contributed by atoms with E-state index in [1.54, 1.807) is 29.2 Å². The number of carbonyl (C=O) groups is 2. The number of sulfonamides is 1. The van der Waals surface area contributed by atoms with Crippen LogP contribution in [-0.4, -0.2) is 57.1 Å². The molecular weight excluding hydrogens is 346 g/mol. The monoisotopic (exact) mass is 367 g/mol. The second-order valence-corrected chi connectivity index (χ2v) is 8.28. The van der Waals surface area contributed by atoms with E-state index in [-0.39, 0.29) is 24.3 Å². The highest BCUT2D eigenvalue weighted by Crippen LogP contribution is 2.35. The van der Waals surface area contributed by atoms with Gasteiger partial charge in [0.05, 0.1) is 18.5 Å². The van der Waals surface area contributed by atoms with Gasteiger partial charge in [-0.25, -0.2) is 8.42 Å². The lowest BCUT2D eigenvalue weighted by Gasteiger charge is -2.38. The average Bonchev–Trinajstić information content (AvgIpc) is 2.59. The number of carbonyl (C=O) groups excluding carboxylic acids is 2. The van der Waals surface area contributed by atoms with E-state index in [0.717, 1.165) is 6.26 Å². The van der Waals surface area contributed by atoms with Crippen molar-refractivity contribution >= 4 is 27.5 Å². The van der Waals surface area contributed by atoms with Crippen LogP contribution in [-0.2, 0) is 19.6 Å². The molecule has 9 heteroatoms. The van der Waals surface area contributed by atoms with Gasteiger partial charge in [0.15, 0.2) is 6.10 Å². The highest BCUT2D eigenvalue weighted by molar-refractivity contribution is 7.92. The van der Waals surface area contributed by atoms with Gasteiger partial charge >= 0.3 is 0 Å². The fraction of sp³-hybridized carbons (Fsp3) is 0.500. The van der Waals surface area contributed by atoms with Gasteiger partial charge in [-0.3, -0.25) is 13.9 Å². The number of benzene rings is 1. The van der Waals surface area contributed by atoms with Gasteiger partial charge in [0.2, 0.25) is 15.9 Å². The van der Waals surface area contributed by atoms with Crippen molar-refractivity contribution < 1.29 is 22.7 Å². The number of hydrogen-bond donors (Lipinski definition) is 1. The summed E-state index contributed by atoms with van der Waals surface area (Å²) >= 11 is 0. The van der Waals surface area contributed by atoms with E-state index in [1.165, 1.54) is 4.31 Å². The van der Waals surface area contributed by atoms with Crippen LogP contribution in [0.4, 0.5) is 5.69 Å². The van der Waals surface area contributed by atoms with E-state index in [0.29, 0.717) is 37.4 Å². The third-order valence-corrected chi connectivity index (χ3v) is 5.77. The van der Waals surface area contributed by atoms with E-state index in [9.17, 15) is 18.0 Å². The van der Waals surface area contributed by atoms with Crippen molar-refractivity contribution in [2.45, 2.75) is 18.9 Å². The molecule has 2 amide bonds. The van der Waals surface area contributed by atoms with Crippen LogP contribution in [0.15, 0.2) is 24.3 Å². The Morgan fingerprint density at radius 2 is 1.84 bits per heavy atom. The Labute approximate surface area is 146 Å². The smallest absolute Gasteiger partial charge is 0.265 e. The van der Waals surface area contributed by atoms with Gasteiger partial charge in [-0.2, -0.15) is 0 Å². The summed E-state index contributed by atoms with van der Waals surface area (Å²) < 4.78 is 31.2. The van der Waals surface area contributed by atoms with Gasteiger partial charge in [0.1, 0.15) is 5.75 Å². The predicted octanol–water partition coefficient (Wildman–Crippen LogP) is -0.0625. The van der Waals surface area contributed by atoms with Gasteiger partial charge in [-0.05, 0) is 25.0 Å². The molecule has 1 aromatic rings. The van der Waals surface area contributed by atoms with E-state index in [1.807, 2.05) is 0 Å². The number of piperidine rings is 1. The summed E-state index contributed by atoms with van der Waals surface area (Å²) in [5.41, 5.74) is 5.74. The molecule has 2 aliphatic heterocycles. The number of amides is 2. The zero-order chi connectivity index (χ0) is 18.2. The minimum atomic E-state index is -3.54. The number of primary amides is 1. The highest BCUT2D eigenvalue weighted by Gasteiger charge is 2.38. The number of nitrogens with zero attached hydrogens (tertiary/aromatic N) is 2. The van der Waals surface area contributed by atoms with Crippen molar-refractivity contribution in [3.8, 4) is 5.75 Å².